The normalized spacial score (nSPS) is 10.5. The van der Waals surface area contributed by atoms with Crippen molar-refractivity contribution < 1.29 is 0 Å². The third kappa shape index (κ3) is 15.8. The number of rotatable bonds is 10. The molecule has 0 atom stereocenters. The quantitative estimate of drug-likeness (QED) is 0.205. The molecular weight excluding hydrogens is 272 g/mol. The van der Waals surface area contributed by atoms with Crippen LogP contribution in [0, 0.1) is 11.8 Å². The van der Waals surface area contributed by atoms with Gasteiger partial charge in [-0.2, -0.15) is 0 Å². The molecule has 0 spiro atoms. The Kier molecular flexibility index (Phi) is 15.6. The van der Waals surface area contributed by atoms with E-state index in [1.807, 2.05) is 0 Å². The molecule has 0 aliphatic rings. The number of hydrogen-bond acceptors (Lipinski definition) is 0. The summed E-state index contributed by atoms with van der Waals surface area (Å²) in [6.45, 7) is 2.23. The second kappa shape index (κ2) is 15.8. The van der Waals surface area contributed by atoms with E-state index in [0.717, 1.165) is 24.6 Å². The first kappa shape index (κ1) is 16.8. The average molecular weight is 299 g/mol. The highest BCUT2D eigenvalue weighted by atomic mass is 79.9. The first-order chi connectivity index (χ1) is 8.41. The number of allylic oxidation sites excluding steroid dienone is 2. The molecule has 0 nitrogen and oxygen atoms in total. The average Bonchev–Trinajstić information content (AvgIpc) is 2.35. The van der Waals surface area contributed by atoms with E-state index in [9.17, 15) is 0 Å². The molecule has 0 unspecified atom stereocenters. The summed E-state index contributed by atoms with van der Waals surface area (Å²) in [5.74, 6) is 6.53. The minimum atomic E-state index is 1.03. The Morgan fingerprint density at radius 1 is 0.824 bits per heavy atom. The van der Waals surface area contributed by atoms with Gasteiger partial charge in [0, 0.05) is 18.2 Å². The zero-order chi connectivity index (χ0) is 12.6. The molecule has 0 aliphatic heterocycles. The van der Waals surface area contributed by atoms with Crippen LogP contribution in [-0.2, 0) is 0 Å². The number of alkyl halides is 1. The molecule has 0 heterocycles. The van der Waals surface area contributed by atoms with Gasteiger partial charge in [-0.05, 0) is 25.7 Å². The Balaban J connectivity index is 3.17. The molecule has 0 radical (unpaired) electrons. The van der Waals surface area contributed by atoms with E-state index < -0.39 is 0 Å². The lowest BCUT2D eigenvalue weighted by molar-refractivity contribution is 0.685. The molecular formula is C16H27Br. The lowest BCUT2D eigenvalue weighted by atomic mass is 10.1. The van der Waals surface area contributed by atoms with Gasteiger partial charge in [0.1, 0.15) is 0 Å². The summed E-state index contributed by atoms with van der Waals surface area (Å²) in [6.07, 6.45) is 16.9. The molecule has 0 N–H and O–H groups in total. The number of hydrogen-bond donors (Lipinski definition) is 0. The van der Waals surface area contributed by atoms with Crippen molar-refractivity contribution in [1.29, 1.82) is 0 Å². The minimum Gasteiger partial charge on any atom is -0.103 e. The largest absolute Gasteiger partial charge is 0.103 e. The van der Waals surface area contributed by atoms with Gasteiger partial charge in [-0.25, -0.2) is 0 Å². The van der Waals surface area contributed by atoms with E-state index in [2.05, 4.69) is 46.8 Å². The van der Waals surface area contributed by atoms with Crippen LogP contribution in [0.15, 0.2) is 12.2 Å². The van der Waals surface area contributed by atoms with E-state index in [1.165, 1.54) is 44.9 Å². The van der Waals surface area contributed by atoms with Gasteiger partial charge in [0.25, 0.3) is 0 Å². The fourth-order valence-electron chi connectivity index (χ4n) is 1.55. The second-order valence-electron chi connectivity index (χ2n) is 4.36. The first-order valence-corrected chi connectivity index (χ1v) is 8.20. The second-order valence-corrected chi connectivity index (χ2v) is 5.15. The summed E-state index contributed by atoms with van der Waals surface area (Å²) >= 11 is 3.45. The molecule has 17 heavy (non-hydrogen) atoms. The molecule has 0 aromatic heterocycles. The Hall–Kier alpha value is -0.220. The third-order valence-electron chi connectivity index (χ3n) is 2.64. The van der Waals surface area contributed by atoms with Crippen molar-refractivity contribution in [2.45, 2.75) is 71.1 Å². The predicted molar refractivity (Wildman–Crippen MR) is 82.6 cm³/mol. The lowest BCUT2D eigenvalue weighted by Gasteiger charge is -1.93. The van der Waals surface area contributed by atoms with Crippen LogP contribution < -0.4 is 0 Å². The van der Waals surface area contributed by atoms with Crippen LogP contribution in [0.5, 0.6) is 0 Å². The maximum Gasteiger partial charge on any atom is 0.0123 e. The molecule has 0 fully saturated rings. The van der Waals surface area contributed by atoms with E-state index in [4.69, 9.17) is 0 Å². The Morgan fingerprint density at radius 3 is 2.29 bits per heavy atom. The van der Waals surface area contributed by atoms with E-state index in [0.29, 0.717) is 0 Å². The van der Waals surface area contributed by atoms with Gasteiger partial charge in [-0.3, -0.25) is 0 Å². The monoisotopic (exact) mass is 298 g/mol. The number of halogens is 1. The van der Waals surface area contributed by atoms with Gasteiger partial charge in [-0.1, -0.05) is 60.7 Å². The summed E-state index contributed by atoms with van der Waals surface area (Å²) in [5, 5.41) is 1.14. The van der Waals surface area contributed by atoms with Crippen LogP contribution in [0.25, 0.3) is 0 Å². The molecule has 0 saturated heterocycles. The SMILES string of the molecule is CCCC/C=C/CCC#CCCCCCCBr. The molecule has 0 bridgehead atoms. The van der Waals surface area contributed by atoms with Crippen molar-refractivity contribution in [2.75, 3.05) is 5.33 Å². The van der Waals surface area contributed by atoms with Crippen LogP contribution in [0.3, 0.4) is 0 Å². The Labute approximate surface area is 116 Å². The van der Waals surface area contributed by atoms with Crippen LogP contribution in [-0.4, -0.2) is 5.33 Å². The summed E-state index contributed by atoms with van der Waals surface area (Å²) in [7, 11) is 0. The summed E-state index contributed by atoms with van der Waals surface area (Å²) in [4.78, 5) is 0. The van der Waals surface area contributed by atoms with Crippen LogP contribution in [0.4, 0.5) is 0 Å². The van der Waals surface area contributed by atoms with Crippen molar-refractivity contribution in [2.24, 2.45) is 0 Å². The van der Waals surface area contributed by atoms with Crippen molar-refractivity contribution >= 4 is 15.9 Å². The van der Waals surface area contributed by atoms with Gasteiger partial charge in [0.15, 0.2) is 0 Å². The topological polar surface area (TPSA) is 0 Å². The van der Waals surface area contributed by atoms with Gasteiger partial charge in [0.2, 0.25) is 0 Å². The van der Waals surface area contributed by atoms with Crippen molar-refractivity contribution in [3.63, 3.8) is 0 Å². The van der Waals surface area contributed by atoms with E-state index in [1.54, 1.807) is 0 Å². The van der Waals surface area contributed by atoms with Gasteiger partial charge in [-0.15, -0.1) is 11.8 Å². The maximum atomic E-state index is 3.45. The molecule has 0 amide bonds. The standard InChI is InChI=1S/C16H27Br/c1-2-3-4-5-6-7-8-9-10-11-12-13-14-15-16-17/h5-6H,2-4,7-8,11-16H2,1H3/b6-5+. The van der Waals surface area contributed by atoms with Gasteiger partial charge < -0.3 is 0 Å². The smallest absolute Gasteiger partial charge is 0.0123 e. The highest BCUT2D eigenvalue weighted by molar-refractivity contribution is 9.09. The predicted octanol–water partition coefficient (Wildman–Crippen LogP) is 5.86. The van der Waals surface area contributed by atoms with Crippen molar-refractivity contribution in [3.05, 3.63) is 12.2 Å². The highest BCUT2D eigenvalue weighted by Gasteiger charge is 1.86. The summed E-state index contributed by atoms with van der Waals surface area (Å²) in [6, 6.07) is 0. The molecule has 0 saturated carbocycles. The maximum absolute atomic E-state index is 3.45. The molecule has 1 heteroatoms. The summed E-state index contributed by atoms with van der Waals surface area (Å²) < 4.78 is 0. The molecule has 0 aliphatic carbocycles. The Morgan fingerprint density at radius 2 is 1.53 bits per heavy atom. The molecule has 98 valence electrons. The Bertz CT molecular complexity index is 219. The molecule has 0 aromatic rings. The summed E-state index contributed by atoms with van der Waals surface area (Å²) in [5.41, 5.74) is 0. The van der Waals surface area contributed by atoms with Crippen molar-refractivity contribution in [3.8, 4) is 11.8 Å². The highest BCUT2D eigenvalue weighted by Crippen LogP contribution is 2.04. The van der Waals surface area contributed by atoms with Gasteiger partial charge in [0.05, 0.1) is 0 Å². The third-order valence-corrected chi connectivity index (χ3v) is 3.20. The van der Waals surface area contributed by atoms with Crippen LogP contribution >= 0.6 is 15.9 Å². The fourth-order valence-corrected chi connectivity index (χ4v) is 1.95. The first-order valence-electron chi connectivity index (χ1n) is 7.08. The zero-order valence-electron chi connectivity index (χ0n) is 11.3. The lowest BCUT2D eigenvalue weighted by Crippen LogP contribution is -1.78. The minimum absolute atomic E-state index is 1.03. The molecule has 0 aromatic carbocycles. The van der Waals surface area contributed by atoms with Crippen LogP contribution in [0.2, 0.25) is 0 Å². The number of unbranched alkanes of at least 4 members (excludes halogenated alkanes) is 7. The zero-order valence-corrected chi connectivity index (χ0v) is 12.9. The van der Waals surface area contributed by atoms with Gasteiger partial charge >= 0.3 is 0 Å². The van der Waals surface area contributed by atoms with E-state index >= 15 is 0 Å². The van der Waals surface area contributed by atoms with Crippen LogP contribution in [0.1, 0.15) is 71.1 Å². The van der Waals surface area contributed by atoms with E-state index in [-0.39, 0.29) is 0 Å². The molecule has 0 rings (SSSR count). The fraction of sp³-hybridized carbons (Fsp3) is 0.750. The van der Waals surface area contributed by atoms with Crippen molar-refractivity contribution in [1.82, 2.24) is 0 Å².